The van der Waals surface area contributed by atoms with Crippen molar-refractivity contribution in [3.63, 3.8) is 0 Å². The first kappa shape index (κ1) is 8.60. The third-order valence-electron chi connectivity index (χ3n) is 2.97. The molecule has 2 N–H and O–H groups in total. The van der Waals surface area contributed by atoms with Crippen LogP contribution in [0.1, 0.15) is 49.4 Å². The molecule has 1 heterocycles. The normalized spacial score (nSPS) is 19.2. The quantitative estimate of drug-likeness (QED) is 0.682. The fourth-order valence-electron chi connectivity index (χ4n) is 2.28. The van der Waals surface area contributed by atoms with Crippen LogP contribution in [-0.2, 0) is 0 Å². The Kier molecular flexibility index (Phi) is 2.25. The average Bonchev–Trinajstić information content (AvgIpc) is 2.47. The van der Waals surface area contributed by atoms with E-state index < -0.39 is 0 Å². The van der Waals surface area contributed by atoms with Crippen molar-refractivity contribution in [1.82, 2.24) is 9.97 Å². The van der Waals surface area contributed by atoms with Gasteiger partial charge in [0.05, 0.1) is 0 Å². The van der Waals surface area contributed by atoms with E-state index in [0.29, 0.717) is 5.92 Å². The summed E-state index contributed by atoms with van der Waals surface area (Å²) in [6.45, 7) is 1.97. The van der Waals surface area contributed by atoms with Crippen molar-refractivity contribution in [1.29, 1.82) is 0 Å². The number of imidazole rings is 1. The second-order valence-electron chi connectivity index (χ2n) is 3.95. The van der Waals surface area contributed by atoms with E-state index in [1.807, 2.05) is 6.92 Å². The molecule has 3 heteroatoms. The number of rotatable bonds is 1. The molecule has 1 fully saturated rings. The van der Waals surface area contributed by atoms with Crippen LogP contribution in [0.5, 0.6) is 0 Å². The lowest BCUT2D eigenvalue weighted by Gasteiger charge is -2.20. The van der Waals surface area contributed by atoms with Crippen LogP contribution >= 0.6 is 0 Å². The molecule has 13 heavy (non-hydrogen) atoms. The Bertz CT molecular complexity index is 331. The van der Waals surface area contributed by atoms with Gasteiger partial charge in [-0.2, -0.15) is 0 Å². The van der Waals surface area contributed by atoms with Crippen molar-refractivity contribution < 1.29 is 0 Å². The molecule has 3 nitrogen and oxygen atoms in total. The molecule has 0 aromatic carbocycles. The smallest absolute Gasteiger partial charge is 0.310 e. The Morgan fingerprint density at radius 3 is 2.38 bits per heavy atom. The van der Waals surface area contributed by atoms with Gasteiger partial charge in [-0.15, -0.1) is 0 Å². The number of H-pyrrole nitrogens is 2. The van der Waals surface area contributed by atoms with Crippen LogP contribution in [-0.4, -0.2) is 9.97 Å². The van der Waals surface area contributed by atoms with Gasteiger partial charge in [0.15, 0.2) is 0 Å². The minimum atomic E-state index is -0.0573. The Morgan fingerprint density at radius 1 is 1.15 bits per heavy atom. The van der Waals surface area contributed by atoms with E-state index in [4.69, 9.17) is 0 Å². The number of aromatic nitrogens is 2. The van der Waals surface area contributed by atoms with Crippen molar-refractivity contribution in [2.24, 2.45) is 0 Å². The Balaban J connectivity index is 2.23. The minimum absolute atomic E-state index is 0.0573. The van der Waals surface area contributed by atoms with Crippen molar-refractivity contribution in [2.45, 2.75) is 44.9 Å². The highest BCUT2D eigenvalue weighted by Crippen LogP contribution is 2.31. The third-order valence-corrected chi connectivity index (χ3v) is 2.97. The van der Waals surface area contributed by atoms with E-state index in [1.165, 1.54) is 32.1 Å². The predicted molar refractivity (Wildman–Crippen MR) is 52.0 cm³/mol. The molecule has 0 amide bonds. The number of aryl methyl sites for hydroxylation is 1. The highest BCUT2D eigenvalue weighted by Gasteiger charge is 2.18. The summed E-state index contributed by atoms with van der Waals surface area (Å²) >= 11 is 0. The maximum Gasteiger partial charge on any atom is 0.323 e. The van der Waals surface area contributed by atoms with Crippen LogP contribution in [0.4, 0.5) is 0 Å². The molecule has 72 valence electrons. The van der Waals surface area contributed by atoms with Crippen LogP contribution in [0.25, 0.3) is 0 Å². The Labute approximate surface area is 77.6 Å². The minimum Gasteiger partial charge on any atom is -0.310 e. The summed E-state index contributed by atoms with van der Waals surface area (Å²) in [4.78, 5) is 16.7. The molecular formula is C10H16N2O. The van der Waals surface area contributed by atoms with Gasteiger partial charge >= 0.3 is 5.69 Å². The van der Waals surface area contributed by atoms with E-state index in [1.54, 1.807) is 0 Å². The molecule has 1 aliphatic rings. The van der Waals surface area contributed by atoms with Gasteiger partial charge in [-0.25, -0.2) is 4.79 Å². The molecule has 0 radical (unpaired) electrons. The van der Waals surface area contributed by atoms with E-state index in [2.05, 4.69) is 9.97 Å². The van der Waals surface area contributed by atoms with Crippen molar-refractivity contribution in [3.05, 3.63) is 21.9 Å². The molecule has 0 unspecified atom stereocenters. The highest BCUT2D eigenvalue weighted by atomic mass is 16.1. The first-order chi connectivity index (χ1) is 6.27. The van der Waals surface area contributed by atoms with Crippen LogP contribution in [0.2, 0.25) is 0 Å². The molecule has 0 aliphatic heterocycles. The van der Waals surface area contributed by atoms with Gasteiger partial charge in [-0.1, -0.05) is 19.3 Å². The third kappa shape index (κ3) is 1.69. The molecule has 1 aromatic heterocycles. The lowest BCUT2D eigenvalue weighted by molar-refractivity contribution is 0.436. The second-order valence-corrected chi connectivity index (χ2v) is 3.95. The van der Waals surface area contributed by atoms with E-state index in [0.717, 1.165) is 11.4 Å². The molecule has 2 rings (SSSR count). The monoisotopic (exact) mass is 180 g/mol. The predicted octanol–water partition coefficient (Wildman–Crippen LogP) is 2.06. The first-order valence-electron chi connectivity index (χ1n) is 5.06. The fourth-order valence-corrected chi connectivity index (χ4v) is 2.28. The van der Waals surface area contributed by atoms with E-state index >= 15 is 0 Å². The number of hydrogen-bond acceptors (Lipinski definition) is 1. The Morgan fingerprint density at radius 2 is 1.85 bits per heavy atom. The van der Waals surface area contributed by atoms with Crippen molar-refractivity contribution in [3.8, 4) is 0 Å². The van der Waals surface area contributed by atoms with Gasteiger partial charge in [0.1, 0.15) is 0 Å². The van der Waals surface area contributed by atoms with Crippen LogP contribution in [0, 0.1) is 6.92 Å². The second kappa shape index (κ2) is 3.40. The molecule has 0 bridgehead atoms. The summed E-state index contributed by atoms with van der Waals surface area (Å²) in [6.07, 6.45) is 6.42. The molecule has 0 atom stereocenters. The van der Waals surface area contributed by atoms with Gasteiger partial charge in [0, 0.05) is 17.3 Å². The standard InChI is InChI=1S/C10H16N2O/c1-7-9(12-10(13)11-7)8-5-3-2-4-6-8/h8H,2-6H2,1H3,(H2,11,12,13). The van der Waals surface area contributed by atoms with Gasteiger partial charge < -0.3 is 9.97 Å². The maximum absolute atomic E-state index is 11.0. The lowest BCUT2D eigenvalue weighted by Crippen LogP contribution is -2.08. The SMILES string of the molecule is Cc1[nH]c(=O)[nH]c1C1CCCCC1. The summed E-state index contributed by atoms with van der Waals surface area (Å²) in [5.74, 6) is 0.590. The number of aromatic amines is 2. The van der Waals surface area contributed by atoms with Gasteiger partial charge in [-0.05, 0) is 19.8 Å². The van der Waals surface area contributed by atoms with Gasteiger partial charge in [-0.3, -0.25) is 0 Å². The summed E-state index contributed by atoms with van der Waals surface area (Å²) in [6, 6.07) is 0. The number of hydrogen-bond donors (Lipinski definition) is 2. The van der Waals surface area contributed by atoms with Crippen LogP contribution in [0.15, 0.2) is 4.79 Å². The lowest BCUT2D eigenvalue weighted by atomic mass is 9.86. The highest BCUT2D eigenvalue weighted by molar-refractivity contribution is 5.14. The largest absolute Gasteiger partial charge is 0.323 e. The van der Waals surface area contributed by atoms with Crippen molar-refractivity contribution >= 4 is 0 Å². The average molecular weight is 180 g/mol. The topological polar surface area (TPSA) is 48.6 Å². The van der Waals surface area contributed by atoms with Gasteiger partial charge in [0.25, 0.3) is 0 Å². The van der Waals surface area contributed by atoms with E-state index in [-0.39, 0.29) is 5.69 Å². The molecule has 1 aliphatic carbocycles. The summed E-state index contributed by atoms with van der Waals surface area (Å²) in [5.41, 5.74) is 2.11. The molecule has 1 aromatic rings. The Hall–Kier alpha value is -0.990. The van der Waals surface area contributed by atoms with Crippen LogP contribution in [0.3, 0.4) is 0 Å². The first-order valence-corrected chi connectivity index (χ1v) is 5.06. The summed E-state index contributed by atoms with van der Waals surface area (Å²) in [7, 11) is 0. The fraction of sp³-hybridized carbons (Fsp3) is 0.700. The zero-order chi connectivity index (χ0) is 9.26. The molecule has 1 saturated carbocycles. The maximum atomic E-state index is 11.0. The number of nitrogens with one attached hydrogen (secondary N) is 2. The van der Waals surface area contributed by atoms with Crippen LogP contribution < -0.4 is 5.69 Å². The zero-order valence-corrected chi connectivity index (χ0v) is 8.02. The van der Waals surface area contributed by atoms with E-state index in [9.17, 15) is 4.79 Å². The molecular weight excluding hydrogens is 164 g/mol. The van der Waals surface area contributed by atoms with Crippen molar-refractivity contribution in [2.75, 3.05) is 0 Å². The molecule has 0 saturated heterocycles. The summed E-state index contributed by atoms with van der Waals surface area (Å²) < 4.78 is 0. The molecule has 0 spiro atoms. The zero-order valence-electron chi connectivity index (χ0n) is 8.02. The van der Waals surface area contributed by atoms with Gasteiger partial charge in [0.2, 0.25) is 0 Å². The summed E-state index contributed by atoms with van der Waals surface area (Å²) in [5, 5.41) is 0.